The van der Waals surface area contributed by atoms with Crippen LogP contribution in [0, 0.1) is 6.92 Å². The number of amides is 2. The summed E-state index contributed by atoms with van der Waals surface area (Å²) in [6.45, 7) is 1.86. The van der Waals surface area contributed by atoms with Crippen molar-refractivity contribution in [2.75, 3.05) is 6.61 Å². The number of carbonyl (C=O) groups is 3. The fourth-order valence-electron chi connectivity index (χ4n) is 2.97. The van der Waals surface area contributed by atoms with E-state index in [1.54, 1.807) is 6.07 Å². The van der Waals surface area contributed by atoms with E-state index in [2.05, 4.69) is 10.6 Å². The van der Waals surface area contributed by atoms with Crippen molar-refractivity contribution >= 4 is 17.8 Å². The number of carbonyl (C=O) groups excluding carboxylic acids is 3. The molecule has 2 N–H and O–H groups in total. The molecule has 1 aromatic heterocycles. The van der Waals surface area contributed by atoms with E-state index in [0.29, 0.717) is 6.54 Å². The van der Waals surface area contributed by atoms with E-state index in [1.807, 2.05) is 61.5 Å². The highest BCUT2D eigenvalue weighted by molar-refractivity contribution is 5.94. The van der Waals surface area contributed by atoms with Gasteiger partial charge in [0.1, 0.15) is 6.04 Å². The maximum absolute atomic E-state index is 12.6. The Morgan fingerprint density at radius 1 is 0.968 bits per heavy atom. The molecule has 1 atom stereocenters. The molecule has 0 fully saturated rings. The van der Waals surface area contributed by atoms with Gasteiger partial charge < -0.3 is 19.8 Å². The SMILES string of the molecule is Cc1ccccc1CNC(=O)COC(=O)[C@H](Cc1ccccc1)NC(=O)c1ccco1. The smallest absolute Gasteiger partial charge is 0.329 e. The van der Waals surface area contributed by atoms with Gasteiger partial charge in [0, 0.05) is 13.0 Å². The number of furan rings is 1. The van der Waals surface area contributed by atoms with Crippen molar-refractivity contribution < 1.29 is 23.5 Å². The molecular weight excluding hydrogens is 396 g/mol. The van der Waals surface area contributed by atoms with E-state index in [9.17, 15) is 14.4 Å². The molecule has 7 heteroatoms. The molecule has 3 aromatic rings. The molecule has 0 aliphatic rings. The van der Waals surface area contributed by atoms with Crippen molar-refractivity contribution in [1.29, 1.82) is 0 Å². The highest BCUT2D eigenvalue weighted by Gasteiger charge is 2.25. The van der Waals surface area contributed by atoms with Crippen LogP contribution in [0.25, 0.3) is 0 Å². The van der Waals surface area contributed by atoms with Gasteiger partial charge >= 0.3 is 5.97 Å². The van der Waals surface area contributed by atoms with Gasteiger partial charge in [0.15, 0.2) is 12.4 Å². The van der Waals surface area contributed by atoms with Crippen LogP contribution < -0.4 is 10.6 Å². The Balaban J connectivity index is 1.57. The molecule has 0 unspecified atom stereocenters. The summed E-state index contributed by atoms with van der Waals surface area (Å²) in [5.41, 5.74) is 2.88. The molecule has 2 aromatic carbocycles. The second-order valence-corrected chi connectivity index (χ2v) is 7.00. The third kappa shape index (κ3) is 6.57. The molecule has 3 rings (SSSR count). The first-order valence-corrected chi connectivity index (χ1v) is 9.89. The summed E-state index contributed by atoms with van der Waals surface area (Å²) >= 11 is 0. The van der Waals surface area contributed by atoms with Crippen LogP contribution in [0.4, 0.5) is 0 Å². The first kappa shape index (κ1) is 21.8. The van der Waals surface area contributed by atoms with Crippen molar-refractivity contribution in [2.24, 2.45) is 0 Å². The van der Waals surface area contributed by atoms with Gasteiger partial charge in [-0.2, -0.15) is 0 Å². The number of aryl methyl sites for hydroxylation is 1. The zero-order chi connectivity index (χ0) is 22.1. The standard InChI is InChI=1S/C24H24N2O5/c1-17-8-5-6-11-19(17)15-25-22(27)16-31-24(29)20(14-18-9-3-2-4-10-18)26-23(28)21-12-7-13-30-21/h2-13,20H,14-16H2,1H3,(H,25,27)(H,26,28)/t20-/m0/s1. The number of benzene rings is 2. The molecule has 31 heavy (non-hydrogen) atoms. The lowest BCUT2D eigenvalue weighted by Crippen LogP contribution is -2.44. The second kappa shape index (κ2) is 10.8. The van der Waals surface area contributed by atoms with Crippen LogP contribution in [0.5, 0.6) is 0 Å². The molecule has 1 heterocycles. The number of rotatable bonds is 9. The number of ether oxygens (including phenoxy) is 1. The summed E-state index contributed by atoms with van der Waals surface area (Å²) in [6.07, 6.45) is 1.59. The zero-order valence-electron chi connectivity index (χ0n) is 17.2. The number of esters is 1. The fourth-order valence-corrected chi connectivity index (χ4v) is 2.97. The van der Waals surface area contributed by atoms with E-state index in [4.69, 9.17) is 9.15 Å². The Hall–Kier alpha value is -3.87. The van der Waals surface area contributed by atoms with Gasteiger partial charge in [-0.05, 0) is 35.7 Å². The van der Waals surface area contributed by atoms with E-state index < -0.39 is 30.4 Å². The third-order valence-corrected chi connectivity index (χ3v) is 4.70. The largest absolute Gasteiger partial charge is 0.459 e. The maximum atomic E-state index is 12.6. The molecule has 0 bridgehead atoms. The van der Waals surface area contributed by atoms with Gasteiger partial charge in [-0.1, -0.05) is 54.6 Å². The first-order valence-electron chi connectivity index (χ1n) is 9.89. The number of hydrogen-bond acceptors (Lipinski definition) is 5. The van der Waals surface area contributed by atoms with Gasteiger partial charge in [-0.3, -0.25) is 9.59 Å². The van der Waals surface area contributed by atoms with Gasteiger partial charge in [-0.25, -0.2) is 4.79 Å². The van der Waals surface area contributed by atoms with E-state index in [-0.39, 0.29) is 12.2 Å². The van der Waals surface area contributed by atoms with E-state index >= 15 is 0 Å². The Morgan fingerprint density at radius 3 is 2.42 bits per heavy atom. The molecule has 0 aliphatic heterocycles. The Morgan fingerprint density at radius 2 is 1.71 bits per heavy atom. The first-order chi connectivity index (χ1) is 15.0. The monoisotopic (exact) mass is 420 g/mol. The molecule has 7 nitrogen and oxygen atoms in total. The normalized spacial score (nSPS) is 11.4. The van der Waals surface area contributed by atoms with Crippen LogP contribution >= 0.6 is 0 Å². The molecule has 0 saturated heterocycles. The van der Waals surface area contributed by atoms with Crippen LogP contribution in [0.1, 0.15) is 27.2 Å². The molecule has 0 radical (unpaired) electrons. The van der Waals surface area contributed by atoms with Crippen molar-refractivity contribution in [2.45, 2.75) is 25.9 Å². The van der Waals surface area contributed by atoms with Crippen LogP contribution in [0.2, 0.25) is 0 Å². The predicted octanol–water partition coefficient (Wildman–Crippen LogP) is 2.79. The van der Waals surface area contributed by atoms with Crippen LogP contribution in [-0.2, 0) is 27.3 Å². The van der Waals surface area contributed by atoms with E-state index in [1.165, 1.54) is 12.3 Å². The highest BCUT2D eigenvalue weighted by Crippen LogP contribution is 2.08. The maximum Gasteiger partial charge on any atom is 0.329 e. The summed E-state index contributed by atoms with van der Waals surface area (Å²) in [5, 5.41) is 5.35. The predicted molar refractivity (Wildman–Crippen MR) is 114 cm³/mol. The minimum atomic E-state index is -0.968. The average molecular weight is 420 g/mol. The highest BCUT2D eigenvalue weighted by atomic mass is 16.5. The quantitative estimate of drug-likeness (QED) is 0.519. The Labute approximate surface area is 180 Å². The Kier molecular flexibility index (Phi) is 7.59. The lowest BCUT2D eigenvalue weighted by atomic mass is 10.1. The lowest BCUT2D eigenvalue weighted by molar-refractivity contribution is -0.150. The van der Waals surface area contributed by atoms with E-state index in [0.717, 1.165) is 16.7 Å². The molecule has 0 aliphatic carbocycles. The molecule has 0 saturated carbocycles. The lowest BCUT2D eigenvalue weighted by Gasteiger charge is -2.17. The summed E-state index contributed by atoms with van der Waals surface area (Å²) < 4.78 is 10.3. The van der Waals surface area contributed by atoms with Crippen LogP contribution in [0.15, 0.2) is 77.4 Å². The van der Waals surface area contributed by atoms with Gasteiger partial charge in [0.25, 0.3) is 11.8 Å². The average Bonchev–Trinajstić information content (AvgIpc) is 3.32. The van der Waals surface area contributed by atoms with Crippen LogP contribution in [0.3, 0.4) is 0 Å². The number of nitrogens with one attached hydrogen (secondary N) is 2. The van der Waals surface area contributed by atoms with Gasteiger partial charge in [-0.15, -0.1) is 0 Å². The van der Waals surface area contributed by atoms with Crippen molar-refractivity contribution in [3.8, 4) is 0 Å². The van der Waals surface area contributed by atoms with Gasteiger partial charge in [0.2, 0.25) is 0 Å². The summed E-state index contributed by atoms with van der Waals surface area (Å²) in [7, 11) is 0. The van der Waals surface area contributed by atoms with Gasteiger partial charge in [0.05, 0.1) is 6.26 Å². The topological polar surface area (TPSA) is 97.6 Å². The summed E-state index contributed by atoms with van der Waals surface area (Å²) in [5.74, 6) is -1.57. The minimum Gasteiger partial charge on any atom is -0.459 e. The fraction of sp³-hybridized carbons (Fsp3) is 0.208. The molecule has 160 valence electrons. The second-order valence-electron chi connectivity index (χ2n) is 7.00. The zero-order valence-corrected chi connectivity index (χ0v) is 17.2. The molecule has 0 spiro atoms. The van der Waals surface area contributed by atoms with Crippen molar-refractivity contribution in [3.63, 3.8) is 0 Å². The summed E-state index contributed by atoms with van der Waals surface area (Å²) in [4.78, 5) is 37.1. The number of hydrogen-bond donors (Lipinski definition) is 2. The minimum absolute atomic E-state index is 0.0850. The van der Waals surface area contributed by atoms with Crippen LogP contribution in [-0.4, -0.2) is 30.4 Å². The molecule has 2 amide bonds. The Bertz CT molecular complexity index is 1020. The van der Waals surface area contributed by atoms with Crippen molar-refractivity contribution in [1.82, 2.24) is 10.6 Å². The third-order valence-electron chi connectivity index (χ3n) is 4.70. The van der Waals surface area contributed by atoms with Crippen molar-refractivity contribution in [3.05, 3.63) is 95.4 Å². The molecular formula is C24H24N2O5. The summed E-state index contributed by atoms with van der Waals surface area (Å²) in [6, 6.07) is 19.0.